The number of nitrogens with zero attached hydrogens (tertiary/aromatic N) is 4. The van der Waals surface area contributed by atoms with Crippen molar-refractivity contribution in [2.24, 2.45) is 0 Å². The van der Waals surface area contributed by atoms with Crippen molar-refractivity contribution in [2.45, 2.75) is 19.3 Å². The number of hydrogen-bond acceptors (Lipinski definition) is 6. The zero-order valence-corrected chi connectivity index (χ0v) is 13.8. The number of rotatable bonds is 4. The molecule has 1 amide bonds. The number of nitriles is 1. The smallest absolute Gasteiger partial charge is 0.251 e. The first-order chi connectivity index (χ1) is 12.7. The summed E-state index contributed by atoms with van der Waals surface area (Å²) in [5.74, 6) is -0.207. The maximum absolute atomic E-state index is 12.2. The fraction of sp³-hybridized carbons (Fsp3) is 0.222. The average Bonchev–Trinajstić information content (AvgIpc) is 3.35. The molecule has 3 heterocycles. The van der Waals surface area contributed by atoms with E-state index in [1.807, 2.05) is 12.1 Å². The zero-order chi connectivity index (χ0) is 17.9. The van der Waals surface area contributed by atoms with Gasteiger partial charge in [0.15, 0.2) is 0 Å². The number of carbonyl (C=O) groups excluding carboxylic acids is 1. The number of amides is 1. The molecule has 1 aliphatic rings. The van der Waals surface area contributed by atoms with E-state index in [1.54, 1.807) is 41.5 Å². The molecule has 0 saturated carbocycles. The summed E-state index contributed by atoms with van der Waals surface area (Å²) in [5, 5.41) is 20.0. The zero-order valence-electron chi connectivity index (χ0n) is 13.8. The number of benzene rings is 1. The number of carbonyl (C=O) groups is 1. The van der Waals surface area contributed by atoms with Gasteiger partial charge in [0.2, 0.25) is 0 Å². The molecule has 26 heavy (non-hydrogen) atoms. The lowest BCUT2D eigenvalue weighted by Crippen LogP contribution is -2.39. The molecule has 2 aromatic heterocycles. The van der Waals surface area contributed by atoms with Gasteiger partial charge in [-0.3, -0.25) is 4.79 Å². The van der Waals surface area contributed by atoms with Gasteiger partial charge in [0.05, 0.1) is 49.1 Å². The summed E-state index contributed by atoms with van der Waals surface area (Å²) in [7, 11) is 0. The van der Waals surface area contributed by atoms with Gasteiger partial charge in [0.1, 0.15) is 5.69 Å². The highest BCUT2D eigenvalue weighted by atomic mass is 16.5. The number of fused-ring (bicyclic) bond motifs is 1. The molecule has 1 atom stereocenters. The van der Waals surface area contributed by atoms with Crippen molar-refractivity contribution < 1.29 is 13.9 Å². The highest BCUT2D eigenvalue weighted by molar-refractivity contribution is 5.94. The first kappa shape index (κ1) is 16.1. The van der Waals surface area contributed by atoms with Gasteiger partial charge in [-0.1, -0.05) is 5.21 Å². The monoisotopic (exact) mass is 349 g/mol. The van der Waals surface area contributed by atoms with Crippen LogP contribution in [-0.2, 0) is 17.9 Å². The van der Waals surface area contributed by atoms with Crippen LogP contribution in [0, 0.1) is 11.3 Å². The van der Waals surface area contributed by atoms with Crippen LogP contribution < -0.4 is 5.32 Å². The molecule has 130 valence electrons. The van der Waals surface area contributed by atoms with Crippen LogP contribution in [0.5, 0.6) is 0 Å². The second kappa shape index (κ2) is 6.82. The maximum Gasteiger partial charge on any atom is 0.251 e. The maximum atomic E-state index is 12.2. The quantitative estimate of drug-likeness (QED) is 0.769. The number of aromatic nitrogens is 3. The average molecular weight is 349 g/mol. The molecular formula is C18H15N5O3. The number of hydrogen-bond donors (Lipinski definition) is 1. The largest absolute Gasteiger partial charge is 0.472 e. The van der Waals surface area contributed by atoms with Gasteiger partial charge in [-0.25, -0.2) is 4.68 Å². The van der Waals surface area contributed by atoms with Crippen LogP contribution in [0.1, 0.15) is 21.6 Å². The molecule has 1 aromatic carbocycles. The molecule has 1 N–H and O–H groups in total. The summed E-state index contributed by atoms with van der Waals surface area (Å²) in [5.41, 5.74) is 3.52. The van der Waals surface area contributed by atoms with Crippen LogP contribution in [0.4, 0.5) is 0 Å². The summed E-state index contributed by atoms with van der Waals surface area (Å²) in [6.07, 6.45) is 3.02. The standard InChI is InChI=1S/C18H15N5O3/c19-7-12-1-3-13(4-2-12)18(24)20-8-15-9-23-16(11-26-15)17(21-22-23)14-5-6-25-10-14/h1-6,10,15H,8-9,11H2,(H,20,24)/t15-/m1/s1. The molecule has 8 nitrogen and oxygen atoms in total. The van der Waals surface area contributed by atoms with Crippen molar-refractivity contribution in [2.75, 3.05) is 6.54 Å². The van der Waals surface area contributed by atoms with Crippen LogP contribution in [0.3, 0.4) is 0 Å². The predicted octanol–water partition coefficient (Wildman–Crippen LogP) is 1.74. The van der Waals surface area contributed by atoms with Gasteiger partial charge >= 0.3 is 0 Å². The fourth-order valence-corrected chi connectivity index (χ4v) is 2.82. The van der Waals surface area contributed by atoms with Crippen LogP contribution in [0.2, 0.25) is 0 Å². The second-order valence-corrected chi connectivity index (χ2v) is 5.91. The minimum Gasteiger partial charge on any atom is -0.472 e. The van der Waals surface area contributed by atoms with Gasteiger partial charge in [-0.05, 0) is 30.3 Å². The molecule has 4 rings (SSSR count). The Balaban J connectivity index is 1.37. The highest BCUT2D eigenvalue weighted by Gasteiger charge is 2.25. The number of nitrogens with one attached hydrogen (secondary N) is 1. The van der Waals surface area contributed by atoms with E-state index < -0.39 is 0 Å². The number of ether oxygens (including phenoxy) is 1. The molecule has 0 spiro atoms. The van der Waals surface area contributed by atoms with Gasteiger partial charge in [-0.15, -0.1) is 5.10 Å². The Bertz CT molecular complexity index is 954. The third-order valence-electron chi connectivity index (χ3n) is 4.23. The van der Waals surface area contributed by atoms with Gasteiger partial charge in [0.25, 0.3) is 5.91 Å². The van der Waals surface area contributed by atoms with Crippen LogP contribution in [0.15, 0.2) is 47.3 Å². The Hall–Kier alpha value is -3.44. The lowest BCUT2D eigenvalue weighted by Gasteiger charge is -2.24. The van der Waals surface area contributed by atoms with E-state index >= 15 is 0 Å². The van der Waals surface area contributed by atoms with Gasteiger partial charge < -0.3 is 14.5 Å². The van der Waals surface area contributed by atoms with E-state index in [4.69, 9.17) is 14.4 Å². The molecule has 0 radical (unpaired) electrons. The first-order valence-corrected chi connectivity index (χ1v) is 8.09. The van der Waals surface area contributed by atoms with Crippen LogP contribution in [-0.4, -0.2) is 33.5 Å². The molecule has 0 unspecified atom stereocenters. The van der Waals surface area contributed by atoms with E-state index in [0.717, 1.165) is 17.0 Å². The summed E-state index contributed by atoms with van der Waals surface area (Å²) in [6.45, 7) is 1.23. The normalized spacial score (nSPS) is 15.9. The van der Waals surface area contributed by atoms with E-state index in [2.05, 4.69) is 15.6 Å². The van der Waals surface area contributed by atoms with E-state index in [-0.39, 0.29) is 12.0 Å². The van der Waals surface area contributed by atoms with Crippen molar-refractivity contribution in [1.82, 2.24) is 20.3 Å². The second-order valence-electron chi connectivity index (χ2n) is 5.91. The van der Waals surface area contributed by atoms with Gasteiger partial charge in [0, 0.05) is 17.7 Å². The minimum absolute atomic E-state index is 0.191. The lowest BCUT2D eigenvalue weighted by atomic mass is 10.1. The molecule has 3 aromatic rings. The van der Waals surface area contributed by atoms with Crippen molar-refractivity contribution >= 4 is 5.91 Å². The van der Waals surface area contributed by atoms with Crippen LogP contribution >= 0.6 is 0 Å². The van der Waals surface area contributed by atoms with Crippen LogP contribution in [0.25, 0.3) is 11.3 Å². The third kappa shape index (κ3) is 3.08. The van der Waals surface area contributed by atoms with Crippen molar-refractivity contribution in [3.05, 3.63) is 59.7 Å². The third-order valence-corrected chi connectivity index (χ3v) is 4.23. The molecule has 0 saturated heterocycles. The van der Waals surface area contributed by atoms with Gasteiger partial charge in [-0.2, -0.15) is 5.26 Å². The Morgan fingerprint density at radius 1 is 1.35 bits per heavy atom. The van der Waals surface area contributed by atoms with Crippen molar-refractivity contribution in [1.29, 1.82) is 5.26 Å². The SMILES string of the molecule is N#Cc1ccc(C(=O)NC[C@@H]2Cn3nnc(-c4ccoc4)c3CO2)cc1. The highest BCUT2D eigenvalue weighted by Crippen LogP contribution is 2.25. The fourth-order valence-electron chi connectivity index (χ4n) is 2.82. The summed E-state index contributed by atoms with van der Waals surface area (Å²) < 4.78 is 12.7. The first-order valence-electron chi connectivity index (χ1n) is 8.09. The molecule has 0 bridgehead atoms. The summed E-state index contributed by atoms with van der Waals surface area (Å²) in [4.78, 5) is 12.2. The molecule has 8 heteroatoms. The molecular weight excluding hydrogens is 334 g/mol. The molecule has 0 aliphatic carbocycles. The van der Waals surface area contributed by atoms with E-state index in [9.17, 15) is 4.79 Å². The Labute approximate surface area is 149 Å². The van der Waals surface area contributed by atoms with Crippen molar-refractivity contribution in [3.63, 3.8) is 0 Å². The van der Waals surface area contributed by atoms with E-state index in [1.165, 1.54) is 0 Å². The summed E-state index contributed by atoms with van der Waals surface area (Å²) in [6, 6.07) is 10.3. The summed E-state index contributed by atoms with van der Waals surface area (Å²) >= 11 is 0. The lowest BCUT2D eigenvalue weighted by molar-refractivity contribution is 0.00177. The molecule has 1 aliphatic heterocycles. The predicted molar refractivity (Wildman–Crippen MR) is 89.8 cm³/mol. The topological polar surface area (TPSA) is 106 Å². The van der Waals surface area contributed by atoms with Crippen molar-refractivity contribution in [3.8, 4) is 17.3 Å². The number of furan rings is 1. The Morgan fingerprint density at radius 2 is 2.19 bits per heavy atom. The molecule has 0 fully saturated rings. The minimum atomic E-state index is -0.207. The Morgan fingerprint density at radius 3 is 2.92 bits per heavy atom. The van der Waals surface area contributed by atoms with E-state index in [0.29, 0.717) is 30.8 Å². The Kier molecular flexibility index (Phi) is 4.21.